The van der Waals surface area contributed by atoms with E-state index < -0.39 is 23.7 Å². The first-order valence-corrected chi connectivity index (χ1v) is 7.14. The molecule has 0 aliphatic carbocycles. The summed E-state index contributed by atoms with van der Waals surface area (Å²) in [5, 5.41) is 11.2. The van der Waals surface area contributed by atoms with Crippen LogP contribution in [0.25, 0.3) is 0 Å². The fourth-order valence-corrected chi connectivity index (χ4v) is 2.45. The third kappa shape index (κ3) is 4.80. The zero-order chi connectivity index (χ0) is 15.5. The predicted octanol–water partition coefficient (Wildman–Crippen LogP) is 3.06. The van der Waals surface area contributed by atoms with Crippen molar-refractivity contribution in [3.05, 3.63) is 11.1 Å². The molecule has 0 spiro atoms. The second-order valence-corrected chi connectivity index (χ2v) is 6.41. The van der Waals surface area contributed by atoms with E-state index in [1.54, 1.807) is 33.1 Å². The van der Waals surface area contributed by atoms with Crippen LogP contribution in [-0.2, 0) is 9.53 Å². The molecule has 1 heterocycles. The van der Waals surface area contributed by atoms with Crippen molar-refractivity contribution >= 4 is 28.5 Å². The Bertz CT molecular complexity index is 493. The molecule has 0 aromatic carbocycles. The minimum Gasteiger partial charge on any atom is -0.481 e. The number of anilines is 1. The fourth-order valence-electron chi connectivity index (χ4n) is 1.55. The molecule has 0 aliphatic heterocycles. The van der Waals surface area contributed by atoms with Crippen LogP contribution in [0.4, 0.5) is 9.93 Å². The largest absolute Gasteiger partial charge is 0.481 e. The molecule has 0 fully saturated rings. The molecule has 0 aliphatic rings. The number of aliphatic carboxylic acids is 1. The first kappa shape index (κ1) is 16.4. The maximum atomic E-state index is 12.3. The van der Waals surface area contributed by atoms with Gasteiger partial charge in [0.05, 0.1) is 18.2 Å². The van der Waals surface area contributed by atoms with Gasteiger partial charge in [-0.3, -0.25) is 4.79 Å². The molecule has 6 nitrogen and oxygen atoms in total. The van der Waals surface area contributed by atoms with Crippen LogP contribution in [0.1, 0.15) is 39.8 Å². The van der Waals surface area contributed by atoms with Gasteiger partial charge in [-0.2, -0.15) is 0 Å². The molecule has 7 heteroatoms. The van der Waals surface area contributed by atoms with E-state index in [2.05, 4.69) is 4.98 Å². The van der Waals surface area contributed by atoms with Gasteiger partial charge in [0.1, 0.15) is 5.60 Å². The Morgan fingerprint density at radius 2 is 2.10 bits per heavy atom. The van der Waals surface area contributed by atoms with E-state index in [4.69, 9.17) is 9.84 Å². The third-order valence-corrected chi connectivity index (χ3v) is 3.27. The summed E-state index contributed by atoms with van der Waals surface area (Å²) in [7, 11) is 0. The van der Waals surface area contributed by atoms with Crippen molar-refractivity contribution in [2.24, 2.45) is 0 Å². The van der Waals surface area contributed by atoms with Crippen molar-refractivity contribution < 1.29 is 19.4 Å². The van der Waals surface area contributed by atoms with Gasteiger partial charge in [-0.05, 0) is 34.6 Å². The lowest BCUT2D eigenvalue weighted by molar-refractivity contribution is -0.137. The quantitative estimate of drug-likeness (QED) is 0.924. The molecule has 0 saturated carbocycles. The van der Waals surface area contributed by atoms with E-state index in [-0.39, 0.29) is 6.42 Å². The summed E-state index contributed by atoms with van der Waals surface area (Å²) in [6.07, 6.45) is -0.752. The third-order valence-electron chi connectivity index (χ3n) is 2.31. The van der Waals surface area contributed by atoms with Crippen LogP contribution in [-0.4, -0.2) is 33.8 Å². The lowest BCUT2D eigenvalue weighted by atomic mass is 10.2. The van der Waals surface area contributed by atoms with E-state index in [1.165, 1.54) is 16.2 Å². The van der Waals surface area contributed by atoms with Gasteiger partial charge in [0.2, 0.25) is 0 Å². The van der Waals surface area contributed by atoms with E-state index in [0.29, 0.717) is 5.13 Å². The van der Waals surface area contributed by atoms with E-state index >= 15 is 0 Å². The van der Waals surface area contributed by atoms with Gasteiger partial charge in [0, 0.05) is 5.38 Å². The summed E-state index contributed by atoms with van der Waals surface area (Å²) >= 11 is 1.29. The van der Waals surface area contributed by atoms with Crippen molar-refractivity contribution in [1.29, 1.82) is 0 Å². The molecule has 112 valence electrons. The normalized spacial score (nSPS) is 12.8. The Hall–Kier alpha value is -1.63. The second-order valence-electron chi connectivity index (χ2n) is 5.57. The molecule has 20 heavy (non-hydrogen) atoms. The number of nitrogens with zero attached hydrogens (tertiary/aromatic N) is 2. The number of carboxylic acid groups (broad SMARTS) is 1. The summed E-state index contributed by atoms with van der Waals surface area (Å²) in [6.45, 7) is 8.76. The minimum absolute atomic E-state index is 0.169. The number of carbonyl (C=O) groups is 2. The Balaban J connectivity index is 3.01. The van der Waals surface area contributed by atoms with Crippen molar-refractivity contribution in [1.82, 2.24) is 4.98 Å². The molecule has 0 bridgehead atoms. The number of thiazole rings is 1. The van der Waals surface area contributed by atoms with Crippen LogP contribution in [0.5, 0.6) is 0 Å². The average Bonchev–Trinajstić information content (AvgIpc) is 2.60. The number of hydrogen-bond acceptors (Lipinski definition) is 5. The highest BCUT2D eigenvalue weighted by Crippen LogP contribution is 2.25. The van der Waals surface area contributed by atoms with Gasteiger partial charge in [0.25, 0.3) is 0 Å². The molecule has 1 atom stereocenters. The zero-order valence-corrected chi connectivity index (χ0v) is 13.2. The number of hydrogen-bond donors (Lipinski definition) is 1. The van der Waals surface area contributed by atoms with Crippen LogP contribution >= 0.6 is 11.3 Å². The van der Waals surface area contributed by atoms with Crippen molar-refractivity contribution in [2.75, 3.05) is 4.90 Å². The average molecular weight is 300 g/mol. The molecule has 1 aromatic heterocycles. The zero-order valence-electron chi connectivity index (χ0n) is 12.3. The second kappa shape index (κ2) is 6.21. The van der Waals surface area contributed by atoms with Crippen LogP contribution in [0.2, 0.25) is 0 Å². The first-order chi connectivity index (χ1) is 9.10. The van der Waals surface area contributed by atoms with Gasteiger partial charge >= 0.3 is 12.1 Å². The smallest absolute Gasteiger partial charge is 0.416 e. The number of carboxylic acids is 1. The summed E-state index contributed by atoms with van der Waals surface area (Å²) in [6, 6.07) is -0.534. The molecular formula is C13H20N2O4S. The lowest BCUT2D eigenvalue weighted by Gasteiger charge is -2.29. The molecule has 0 radical (unpaired) electrons. The molecule has 1 amide bonds. The maximum Gasteiger partial charge on any atom is 0.416 e. The number of ether oxygens (including phenoxy) is 1. The van der Waals surface area contributed by atoms with Gasteiger partial charge in [-0.25, -0.2) is 14.7 Å². The van der Waals surface area contributed by atoms with E-state index in [0.717, 1.165) is 5.69 Å². The van der Waals surface area contributed by atoms with Crippen LogP contribution in [0.3, 0.4) is 0 Å². The monoisotopic (exact) mass is 300 g/mol. The Morgan fingerprint density at radius 3 is 2.50 bits per heavy atom. The van der Waals surface area contributed by atoms with Crippen molar-refractivity contribution in [2.45, 2.75) is 52.7 Å². The Kier molecular flexibility index (Phi) is 5.10. The van der Waals surface area contributed by atoms with E-state index in [9.17, 15) is 9.59 Å². The number of amides is 1. The molecule has 1 unspecified atom stereocenters. The van der Waals surface area contributed by atoms with Gasteiger partial charge in [-0.1, -0.05) is 0 Å². The van der Waals surface area contributed by atoms with Gasteiger partial charge in [-0.15, -0.1) is 11.3 Å². The molecule has 1 rings (SSSR count). The van der Waals surface area contributed by atoms with Gasteiger partial charge < -0.3 is 9.84 Å². The number of rotatable bonds is 4. The SMILES string of the molecule is Cc1csc(N(C(=O)OC(C)(C)C)C(C)CC(=O)O)n1. The standard InChI is InChI=1S/C13H20N2O4S/c1-8-7-20-11(14-8)15(9(2)6-10(16)17)12(18)19-13(3,4)5/h7,9H,6H2,1-5H3,(H,16,17). The highest BCUT2D eigenvalue weighted by Gasteiger charge is 2.30. The number of aromatic nitrogens is 1. The predicted molar refractivity (Wildman–Crippen MR) is 77.3 cm³/mol. The molecule has 1 aromatic rings. The Morgan fingerprint density at radius 1 is 1.50 bits per heavy atom. The minimum atomic E-state index is -0.973. The topological polar surface area (TPSA) is 79.7 Å². The fraction of sp³-hybridized carbons (Fsp3) is 0.615. The highest BCUT2D eigenvalue weighted by atomic mass is 32.1. The summed E-state index contributed by atoms with van der Waals surface area (Å²) in [5.41, 5.74) is 0.131. The van der Waals surface area contributed by atoms with Crippen molar-refractivity contribution in [3.63, 3.8) is 0 Å². The maximum absolute atomic E-state index is 12.3. The summed E-state index contributed by atoms with van der Waals surface area (Å²) in [4.78, 5) is 28.7. The Labute approximate surface area is 122 Å². The van der Waals surface area contributed by atoms with E-state index in [1.807, 2.05) is 6.92 Å². The first-order valence-electron chi connectivity index (χ1n) is 6.26. The molecule has 0 saturated heterocycles. The van der Waals surface area contributed by atoms with Crippen LogP contribution < -0.4 is 4.90 Å². The summed E-state index contributed by atoms with van der Waals surface area (Å²) in [5.74, 6) is -0.973. The number of aryl methyl sites for hydroxylation is 1. The van der Waals surface area contributed by atoms with Gasteiger partial charge in [0.15, 0.2) is 5.13 Å². The highest BCUT2D eigenvalue weighted by molar-refractivity contribution is 7.14. The lowest BCUT2D eigenvalue weighted by Crippen LogP contribution is -2.43. The summed E-state index contributed by atoms with van der Waals surface area (Å²) < 4.78 is 5.33. The van der Waals surface area contributed by atoms with Crippen LogP contribution in [0, 0.1) is 6.92 Å². The van der Waals surface area contributed by atoms with Crippen LogP contribution in [0.15, 0.2) is 5.38 Å². The van der Waals surface area contributed by atoms with Crippen molar-refractivity contribution in [3.8, 4) is 0 Å². The molecular weight excluding hydrogens is 280 g/mol. The molecule has 1 N–H and O–H groups in total. The number of carbonyl (C=O) groups excluding carboxylic acids is 1.